The summed E-state index contributed by atoms with van der Waals surface area (Å²) in [6, 6.07) is 8.94. The Kier molecular flexibility index (Phi) is 6.31. The molecule has 32 heavy (non-hydrogen) atoms. The molecular formula is C23H23ClN2O5S. The molecule has 2 aliphatic rings. The smallest absolute Gasteiger partial charge is 0.335 e. The minimum Gasteiger partial charge on any atom is -0.488 e. The molecule has 0 bridgehead atoms. The second-order valence-corrected chi connectivity index (χ2v) is 10.3. The van der Waals surface area contributed by atoms with Crippen molar-refractivity contribution in [1.29, 1.82) is 5.26 Å². The highest BCUT2D eigenvalue weighted by molar-refractivity contribution is 7.92. The van der Waals surface area contributed by atoms with Gasteiger partial charge in [-0.3, -0.25) is 4.72 Å². The van der Waals surface area contributed by atoms with Crippen molar-refractivity contribution in [2.45, 2.75) is 61.9 Å². The van der Waals surface area contributed by atoms with Gasteiger partial charge in [-0.1, -0.05) is 24.1 Å². The van der Waals surface area contributed by atoms with E-state index < -0.39 is 16.0 Å². The van der Waals surface area contributed by atoms with Crippen molar-refractivity contribution in [3.63, 3.8) is 0 Å². The lowest BCUT2D eigenvalue weighted by molar-refractivity contribution is 0.0696. The largest absolute Gasteiger partial charge is 0.488 e. The van der Waals surface area contributed by atoms with Gasteiger partial charge in [0.1, 0.15) is 11.8 Å². The molecule has 168 valence electrons. The van der Waals surface area contributed by atoms with Crippen LogP contribution < -0.4 is 9.46 Å². The quantitative estimate of drug-likeness (QED) is 0.562. The van der Waals surface area contributed by atoms with Crippen molar-refractivity contribution < 1.29 is 23.1 Å². The van der Waals surface area contributed by atoms with Gasteiger partial charge in [-0.2, -0.15) is 5.26 Å². The number of carboxylic acids is 1. The zero-order valence-corrected chi connectivity index (χ0v) is 18.9. The van der Waals surface area contributed by atoms with Crippen LogP contribution in [0.5, 0.6) is 5.75 Å². The van der Waals surface area contributed by atoms with E-state index in [2.05, 4.69) is 4.72 Å². The maximum absolute atomic E-state index is 13.4. The van der Waals surface area contributed by atoms with Crippen molar-refractivity contribution in [2.24, 2.45) is 0 Å². The van der Waals surface area contributed by atoms with E-state index in [1.807, 2.05) is 6.07 Å². The summed E-state index contributed by atoms with van der Waals surface area (Å²) in [5, 5.41) is 18.9. The number of ether oxygens (including phenoxy) is 1. The van der Waals surface area contributed by atoms with Gasteiger partial charge in [0.15, 0.2) is 0 Å². The summed E-state index contributed by atoms with van der Waals surface area (Å²) in [6.45, 7) is 0. The molecule has 2 N–H and O–H groups in total. The van der Waals surface area contributed by atoms with Gasteiger partial charge in [0, 0.05) is 6.07 Å². The molecule has 0 radical (unpaired) electrons. The summed E-state index contributed by atoms with van der Waals surface area (Å²) < 4.78 is 35.4. The van der Waals surface area contributed by atoms with Crippen molar-refractivity contribution in [3.05, 3.63) is 52.0 Å². The molecule has 4 rings (SSSR count). The molecule has 0 aliphatic heterocycles. The number of hydrogen-bond donors (Lipinski definition) is 2. The van der Waals surface area contributed by atoms with Crippen LogP contribution in [0.25, 0.3) is 0 Å². The first-order valence-corrected chi connectivity index (χ1v) is 12.4. The Morgan fingerprint density at radius 3 is 2.47 bits per heavy atom. The highest BCUT2D eigenvalue weighted by Gasteiger charge is 2.32. The van der Waals surface area contributed by atoms with Crippen molar-refractivity contribution in [1.82, 2.24) is 0 Å². The number of halogens is 1. The Hall–Kier alpha value is -2.76. The van der Waals surface area contributed by atoms with E-state index in [0.717, 1.165) is 44.9 Å². The molecule has 9 heteroatoms. The molecule has 0 heterocycles. The molecule has 2 saturated carbocycles. The van der Waals surface area contributed by atoms with E-state index in [-0.39, 0.29) is 44.5 Å². The highest BCUT2D eigenvalue weighted by atomic mass is 35.5. The standard InChI is InChI=1S/C23H23ClN2O5S/c24-19-12-21(31-17-4-2-1-3-5-17)20(10-16(19)13-25)26-32(29,30)22-11-15(23(27)28)8-9-18(22)14-6-7-14/h8-12,14,17,26H,1-7H2,(H,27,28). The summed E-state index contributed by atoms with van der Waals surface area (Å²) in [5.41, 5.74) is 0.704. The zero-order valence-electron chi connectivity index (χ0n) is 17.3. The number of hydrogen-bond acceptors (Lipinski definition) is 5. The van der Waals surface area contributed by atoms with Crippen LogP contribution in [0.4, 0.5) is 5.69 Å². The number of rotatable bonds is 7. The lowest BCUT2D eigenvalue weighted by Crippen LogP contribution is -2.21. The second-order valence-electron chi connectivity index (χ2n) is 8.26. The third-order valence-corrected chi connectivity index (χ3v) is 7.58. The normalized spacial score (nSPS) is 16.9. The molecule has 0 saturated heterocycles. The van der Waals surface area contributed by atoms with Crippen molar-refractivity contribution in [3.8, 4) is 11.8 Å². The third-order valence-electron chi connectivity index (χ3n) is 5.85. The Labute approximate surface area is 192 Å². The molecule has 0 amide bonds. The third kappa shape index (κ3) is 4.84. The molecule has 0 aromatic heterocycles. The van der Waals surface area contributed by atoms with Gasteiger partial charge in [-0.05, 0) is 68.2 Å². The molecule has 7 nitrogen and oxygen atoms in total. The molecule has 0 atom stereocenters. The van der Waals surface area contributed by atoms with Crippen LogP contribution in [0.1, 0.15) is 72.3 Å². The SMILES string of the molecule is N#Cc1cc(NS(=O)(=O)c2cc(C(=O)O)ccc2C2CC2)c(OC2CCCCC2)cc1Cl. The van der Waals surface area contributed by atoms with E-state index in [1.54, 1.807) is 6.07 Å². The maximum atomic E-state index is 13.4. The van der Waals surface area contributed by atoms with Crippen LogP contribution in [-0.2, 0) is 10.0 Å². The number of aromatic carboxylic acids is 1. The van der Waals surface area contributed by atoms with Gasteiger partial charge in [0.25, 0.3) is 10.0 Å². The summed E-state index contributed by atoms with van der Waals surface area (Å²) in [7, 11) is -4.15. The maximum Gasteiger partial charge on any atom is 0.335 e. The molecule has 2 aliphatic carbocycles. The van der Waals surface area contributed by atoms with Gasteiger partial charge in [0.05, 0.1) is 32.8 Å². The number of carbonyl (C=O) groups is 1. The van der Waals surface area contributed by atoms with Crippen LogP contribution >= 0.6 is 11.6 Å². The van der Waals surface area contributed by atoms with E-state index in [9.17, 15) is 23.6 Å². The average Bonchev–Trinajstić information content (AvgIpc) is 3.61. The minimum absolute atomic E-state index is 0.0617. The second kappa shape index (κ2) is 9.00. The fourth-order valence-electron chi connectivity index (χ4n) is 4.01. The predicted octanol–water partition coefficient (Wildman–Crippen LogP) is 5.30. The van der Waals surface area contributed by atoms with Gasteiger partial charge in [0.2, 0.25) is 0 Å². The Bertz CT molecular complexity index is 1200. The number of carboxylic acid groups (broad SMARTS) is 1. The fourth-order valence-corrected chi connectivity index (χ4v) is 5.59. The van der Waals surface area contributed by atoms with Crippen LogP contribution in [0, 0.1) is 11.3 Å². The lowest BCUT2D eigenvalue weighted by Gasteiger charge is -2.25. The predicted molar refractivity (Wildman–Crippen MR) is 120 cm³/mol. The zero-order chi connectivity index (χ0) is 22.9. The van der Waals surface area contributed by atoms with Gasteiger partial charge >= 0.3 is 5.97 Å². The Morgan fingerprint density at radius 1 is 1.12 bits per heavy atom. The van der Waals surface area contributed by atoms with E-state index >= 15 is 0 Å². The number of benzene rings is 2. The molecule has 2 aromatic rings. The van der Waals surface area contributed by atoms with Crippen LogP contribution in [0.3, 0.4) is 0 Å². The number of nitriles is 1. The van der Waals surface area contributed by atoms with Gasteiger partial charge in [-0.15, -0.1) is 0 Å². The highest BCUT2D eigenvalue weighted by Crippen LogP contribution is 2.44. The lowest BCUT2D eigenvalue weighted by atomic mass is 9.98. The average molecular weight is 475 g/mol. The molecule has 2 aromatic carbocycles. The number of nitrogens with one attached hydrogen (secondary N) is 1. The first-order valence-electron chi connectivity index (χ1n) is 10.6. The van der Waals surface area contributed by atoms with Crippen LogP contribution in [0.15, 0.2) is 35.2 Å². The number of nitrogens with zero attached hydrogens (tertiary/aromatic N) is 1. The molecule has 0 unspecified atom stereocenters. The first-order chi connectivity index (χ1) is 15.3. The molecular weight excluding hydrogens is 452 g/mol. The summed E-state index contributed by atoms with van der Waals surface area (Å²) in [4.78, 5) is 11.4. The van der Waals surface area contributed by atoms with E-state index in [1.165, 1.54) is 24.3 Å². The van der Waals surface area contributed by atoms with Crippen LogP contribution in [-0.4, -0.2) is 25.6 Å². The van der Waals surface area contributed by atoms with E-state index in [4.69, 9.17) is 16.3 Å². The molecule has 0 spiro atoms. The monoisotopic (exact) mass is 474 g/mol. The number of sulfonamides is 1. The Morgan fingerprint density at radius 2 is 1.84 bits per heavy atom. The Balaban J connectivity index is 1.73. The topological polar surface area (TPSA) is 116 Å². The van der Waals surface area contributed by atoms with Gasteiger partial charge < -0.3 is 9.84 Å². The minimum atomic E-state index is -4.15. The van der Waals surface area contributed by atoms with Crippen LogP contribution in [0.2, 0.25) is 5.02 Å². The fraction of sp³-hybridized carbons (Fsp3) is 0.391. The summed E-state index contributed by atoms with van der Waals surface area (Å²) in [5.74, 6) is -0.863. The van der Waals surface area contributed by atoms with Crippen molar-refractivity contribution in [2.75, 3.05) is 4.72 Å². The van der Waals surface area contributed by atoms with E-state index in [0.29, 0.717) is 5.56 Å². The molecule has 2 fully saturated rings. The number of anilines is 1. The van der Waals surface area contributed by atoms with Gasteiger partial charge in [-0.25, -0.2) is 13.2 Å². The summed E-state index contributed by atoms with van der Waals surface area (Å²) in [6.07, 6.45) is 6.55. The first kappa shape index (κ1) is 22.4. The van der Waals surface area contributed by atoms with Crippen molar-refractivity contribution >= 4 is 33.3 Å². The summed E-state index contributed by atoms with van der Waals surface area (Å²) >= 11 is 6.19.